The molecule has 2 atom stereocenters. The van der Waals surface area contributed by atoms with Crippen molar-refractivity contribution in [3.8, 4) is 0 Å². The summed E-state index contributed by atoms with van der Waals surface area (Å²) in [7, 11) is 3.89. The highest BCUT2D eigenvalue weighted by Crippen LogP contribution is 2.54. The largest absolute Gasteiger partial charge is 0.0528 e. The van der Waals surface area contributed by atoms with Crippen molar-refractivity contribution in [1.29, 1.82) is 0 Å². The van der Waals surface area contributed by atoms with Crippen molar-refractivity contribution >= 4 is 10.2 Å². The quantitative estimate of drug-likeness (QED) is 0.449. The summed E-state index contributed by atoms with van der Waals surface area (Å²) in [4.78, 5) is 0. The molecule has 2 rings (SSSR count). The van der Waals surface area contributed by atoms with E-state index in [1.165, 1.54) is 38.5 Å². The van der Waals surface area contributed by atoms with E-state index in [-0.39, 0.29) is 0 Å². The molecule has 2 aliphatic carbocycles. The minimum Gasteiger partial charge on any atom is -0.0528 e. The van der Waals surface area contributed by atoms with E-state index < -0.39 is 0 Å². The molecule has 2 unspecified atom stereocenters. The van der Waals surface area contributed by atoms with Gasteiger partial charge in [0.05, 0.1) is 0 Å². The Morgan fingerprint density at radius 2 is 2.11 bits per heavy atom. The minimum atomic E-state index is 0.600. The lowest BCUT2D eigenvalue weighted by Gasteiger charge is -2.28. The van der Waals surface area contributed by atoms with Gasteiger partial charge in [-0.2, -0.15) is 0 Å². The van der Waals surface area contributed by atoms with Gasteiger partial charge in [0.2, 0.25) is 0 Å². The highest BCUT2D eigenvalue weighted by atomic mass is 28.1. The van der Waals surface area contributed by atoms with Crippen LogP contribution >= 0.6 is 0 Å². The zero-order chi connectivity index (χ0) is 6.32. The first-order valence-electron chi connectivity index (χ1n) is 4.04. The first-order chi connectivity index (χ1) is 4.29. The summed E-state index contributed by atoms with van der Waals surface area (Å²) < 4.78 is 0. The van der Waals surface area contributed by atoms with Gasteiger partial charge in [-0.25, -0.2) is 0 Å². The van der Waals surface area contributed by atoms with Crippen molar-refractivity contribution in [2.75, 3.05) is 0 Å². The van der Waals surface area contributed by atoms with E-state index in [1.807, 2.05) is 0 Å². The predicted octanol–water partition coefficient (Wildman–Crippen LogP) is 2.30. The molecule has 2 fully saturated rings. The molecule has 0 N–H and O–H groups in total. The molecule has 0 nitrogen and oxygen atoms in total. The van der Waals surface area contributed by atoms with Gasteiger partial charge in [-0.3, -0.25) is 0 Å². The first kappa shape index (κ1) is 5.96. The molecular weight excluding hydrogens is 124 g/mol. The van der Waals surface area contributed by atoms with E-state index in [1.54, 1.807) is 0 Å². The summed E-state index contributed by atoms with van der Waals surface area (Å²) in [5.41, 5.74) is 0. The van der Waals surface area contributed by atoms with Crippen LogP contribution in [0.3, 0.4) is 0 Å². The maximum absolute atomic E-state index is 3.89. The molecule has 0 spiro atoms. The second kappa shape index (κ2) is 1.85. The van der Waals surface area contributed by atoms with Crippen molar-refractivity contribution < 1.29 is 0 Å². The molecule has 3 radical (unpaired) electrons. The fraction of sp³-hybridized carbons (Fsp3) is 1.00. The van der Waals surface area contributed by atoms with Crippen LogP contribution in [0.5, 0.6) is 0 Å². The maximum atomic E-state index is 3.89. The van der Waals surface area contributed by atoms with Gasteiger partial charge >= 0.3 is 0 Å². The molecule has 2 saturated carbocycles. The highest BCUT2D eigenvalue weighted by Gasteiger charge is 2.37. The summed E-state index contributed by atoms with van der Waals surface area (Å²) in [5.74, 6) is 1.08. The highest BCUT2D eigenvalue weighted by molar-refractivity contribution is 6.15. The van der Waals surface area contributed by atoms with Crippen molar-refractivity contribution in [2.45, 2.75) is 43.6 Å². The van der Waals surface area contributed by atoms with Crippen LogP contribution in [0.25, 0.3) is 0 Å². The Labute approximate surface area is 60.5 Å². The van der Waals surface area contributed by atoms with Crippen molar-refractivity contribution in [1.82, 2.24) is 0 Å². The van der Waals surface area contributed by atoms with Crippen LogP contribution in [0.1, 0.15) is 38.5 Å². The van der Waals surface area contributed by atoms with Crippen molar-refractivity contribution in [3.63, 3.8) is 0 Å². The minimum absolute atomic E-state index is 0.600. The first-order valence-corrected chi connectivity index (χ1v) is 4.54. The van der Waals surface area contributed by atoms with E-state index in [0.717, 1.165) is 5.92 Å². The third-order valence-electron chi connectivity index (χ3n) is 2.98. The lowest BCUT2D eigenvalue weighted by molar-refractivity contribution is 0.373. The van der Waals surface area contributed by atoms with Gasteiger partial charge in [-0.1, -0.05) is 32.1 Å². The van der Waals surface area contributed by atoms with Crippen LogP contribution in [0.15, 0.2) is 0 Å². The molecule has 2 bridgehead atoms. The molecule has 0 amide bonds. The Morgan fingerprint density at radius 1 is 1.22 bits per heavy atom. The zero-order valence-electron chi connectivity index (χ0n) is 5.82. The summed E-state index contributed by atoms with van der Waals surface area (Å²) in [6, 6.07) is 0. The fourth-order valence-electron chi connectivity index (χ4n) is 2.44. The molecular formula is C8H13Si. The summed E-state index contributed by atoms with van der Waals surface area (Å²) >= 11 is 0. The van der Waals surface area contributed by atoms with Crippen molar-refractivity contribution in [2.24, 2.45) is 5.92 Å². The number of fused-ring (bicyclic) bond motifs is 2. The normalized spacial score (nSPS) is 49.7. The molecule has 0 heterocycles. The molecule has 0 saturated heterocycles. The summed E-state index contributed by atoms with van der Waals surface area (Å²) in [6.07, 6.45) is 8.79. The van der Waals surface area contributed by atoms with Crippen LogP contribution in [-0.4, -0.2) is 10.2 Å². The molecule has 2 aliphatic rings. The predicted molar refractivity (Wildman–Crippen MR) is 39.6 cm³/mol. The van der Waals surface area contributed by atoms with Gasteiger partial charge in [0.1, 0.15) is 0 Å². The zero-order valence-corrected chi connectivity index (χ0v) is 6.82. The SMILES string of the molecule is [Si]C12CCCC(CC1)C2. The smallest absolute Gasteiger partial charge is 0.0313 e. The maximum Gasteiger partial charge on any atom is 0.0313 e. The van der Waals surface area contributed by atoms with Gasteiger partial charge in [0.15, 0.2) is 0 Å². The second-order valence-corrected chi connectivity index (χ2v) is 4.84. The molecule has 49 valence electrons. The molecule has 0 aromatic carbocycles. The molecule has 0 aliphatic heterocycles. The molecule has 9 heavy (non-hydrogen) atoms. The fourth-order valence-corrected chi connectivity index (χ4v) is 3.05. The Hall–Kier alpha value is 0.217. The van der Waals surface area contributed by atoms with Gasteiger partial charge < -0.3 is 0 Å². The topological polar surface area (TPSA) is 0 Å². The standard InChI is InChI=1S/C8H13Si/c9-8-4-1-2-7(6-8)3-5-8/h7H,1-6H2. The number of hydrogen-bond donors (Lipinski definition) is 0. The van der Waals surface area contributed by atoms with Crippen molar-refractivity contribution in [3.05, 3.63) is 0 Å². The Balaban J connectivity index is 2.13. The Kier molecular flexibility index (Phi) is 1.22. The monoisotopic (exact) mass is 137 g/mol. The summed E-state index contributed by atoms with van der Waals surface area (Å²) in [6.45, 7) is 0. The second-order valence-electron chi connectivity index (χ2n) is 3.78. The van der Waals surface area contributed by atoms with E-state index in [0.29, 0.717) is 5.04 Å². The average molecular weight is 137 g/mol. The molecule has 0 aromatic heterocycles. The Bertz CT molecular complexity index is 118. The van der Waals surface area contributed by atoms with Crippen LogP contribution in [0.2, 0.25) is 5.04 Å². The van der Waals surface area contributed by atoms with E-state index in [4.69, 9.17) is 0 Å². The summed E-state index contributed by atoms with van der Waals surface area (Å²) in [5, 5.41) is 0.600. The van der Waals surface area contributed by atoms with Crippen LogP contribution in [0.4, 0.5) is 0 Å². The third kappa shape index (κ3) is 0.957. The third-order valence-corrected chi connectivity index (χ3v) is 3.68. The van der Waals surface area contributed by atoms with Crippen LogP contribution in [0, 0.1) is 5.92 Å². The van der Waals surface area contributed by atoms with E-state index in [2.05, 4.69) is 10.2 Å². The molecule has 1 heteroatoms. The lowest BCUT2D eigenvalue weighted by Crippen LogP contribution is -2.13. The average Bonchev–Trinajstić information content (AvgIpc) is 2.07. The number of hydrogen-bond acceptors (Lipinski definition) is 0. The Morgan fingerprint density at radius 3 is 2.78 bits per heavy atom. The van der Waals surface area contributed by atoms with Gasteiger partial charge in [0.25, 0.3) is 0 Å². The van der Waals surface area contributed by atoms with Gasteiger partial charge in [0, 0.05) is 10.2 Å². The lowest BCUT2D eigenvalue weighted by atomic mass is 9.88. The van der Waals surface area contributed by atoms with Crippen LogP contribution < -0.4 is 0 Å². The van der Waals surface area contributed by atoms with Crippen LogP contribution in [-0.2, 0) is 0 Å². The van der Waals surface area contributed by atoms with E-state index in [9.17, 15) is 0 Å². The van der Waals surface area contributed by atoms with Gasteiger partial charge in [-0.15, -0.1) is 0 Å². The molecule has 0 aromatic rings. The van der Waals surface area contributed by atoms with E-state index >= 15 is 0 Å². The number of rotatable bonds is 0. The van der Waals surface area contributed by atoms with Gasteiger partial charge in [-0.05, 0) is 17.4 Å².